The van der Waals surface area contributed by atoms with Gasteiger partial charge in [0, 0.05) is 24.9 Å². The number of nitrogens with one attached hydrogen (secondary N) is 1. The van der Waals surface area contributed by atoms with E-state index in [2.05, 4.69) is 27.3 Å². The van der Waals surface area contributed by atoms with Gasteiger partial charge in [0.2, 0.25) is 5.91 Å². The van der Waals surface area contributed by atoms with E-state index in [1.807, 2.05) is 30.3 Å². The first-order valence-electron chi connectivity index (χ1n) is 8.82. The fourth-order valence-corrected chi connectivity index (χ4v) is 3.62. The lowest BCUT2D eigenvalue weighted by Crippen LogP contribution is -2.21. The van der Waals surface area contributed by atoms with Crippen LogP contribution in [0.5, 0.6) is 0 Å². The number of pyridine rings is 1. The first-order valence-corrected chi connectivity index (χ1v) is 8.82. The van der Waals surface area contributed by atoms with Gasteiger partial charge in [0.05, 0.1) is 11.9 Å². The van der Waals surface area contributed by atoms with Gasteiger partial charge in [-0.25, -0.2) is 4.98 Å². The maximum atomic E-state index is 12.4. The predicted octanol–water partition coefficient (Wildman–Crippen LogP) is 3.74. The molecule has 4 rings (SSSR count). The maximum Gasteiger partial charge on any atom is 0.225 e. The molecule has 1 aromatic heterocycles. The Balaban J connectivity index is 1.38. The third-order valence-electron chi connectivity index (χ3n) is 5.20. The summed E-state index contributed by atoms with van der Waals surface area (Å²) in [7, 11) is 0. The lowest BCUT2D eigenvalue weighted by Gasteiger charge is -2.17. The van der Waals surface area contributed by atoms with Gasteiger partial charge in [-0.3, -0.25) is 4.79 Å². The number of anilines is 2. The molecule has 1 aliphatic carbocycles. The number of nitrogens with zero attached hydrogens (tertiary/aromatic N) is 2. The first kappa shape index (κ1) is 15.2. The van der Waals surface area contributed by atoms with E-state index < -0.39 is 0 Å². The number of hydrogen-bond donors (Lipinski definition) is 1. The molecule has 2 aliphatic rings. The van der Waals surface area contributed by atoms with Crippen molar-refractivity contribution in [3.63, 3.8) is 0 Å². The minimum absolute atomic E-state index is 0.0499. The summed E-state index contributed by atoms with van der Waals surface area (Å²) in [6.07, 6.45) is 6.98. The molecule has 0 spiro atoms. The zero-order chi connectivity index (χ0) is 16.4. The maximum absolute atomic E-state index is 12.4. The van der Waals surface area contributed by atoms with Crippen LogP contribution in [0.25, 0.3) is 0 Å². The molecule has 1 amide bonds. The highest BCUT2D eigenvalue weighted by molar-refractivity contribution is 5.92. The second kappa shape index (κ2) is 6.27. The van der Waals surface area contributed by atoms with E-state index >= 15 is 0 Å². The van der Waals surface area contributed by atoms with E-state index in [1.165, 1.54) is 18.4 Å². The number of carbonyl (C=O) groups is 1. The van der Waals surface area contributed by atoms with Crippen LogP contribution in [0.4, 0.5) is 11.5 Å². The number of hydrogen-bond acceptors (Lipinski definition) is 3. The Kier molecular flexibility index (Phi) is 3.97. The van der Waals surface area contributed by atoms with E-state index in [4.69, 9.17) is 0 Å². The summed E-state index contributed by atoms with van der Waals surface area (Å²) in [6.45, 7) is 2.16. The van der Waals surface area contributed by atoms with Crippen molar-refractivity contribution in [1.82, 2.24) is 4.98 Å². The van der Waals surface area contributed by atoms with Crippen LogP contribution in [-0.2, 0) is 10.2 Å². The average molecular weight is 321 g/mol. The second-order valence-electron chi connectivity index (χ2n) is 6.97. The highest BCUT2D eigenvalue weighted by atomic mass is 16.1. The summed E-state index contributed by atoms with van der Waals surface area (Å²) in [5.74, 6) is 1.08. The van der Waals surface area contributed by atoms with Crippen molar-refractivity contribution in [3.8, 4) is 0 Å². The summed E-state index contributed by atoms with van der Waals surface area (Å²) in [5, 5.41) is 3.01. The fraction of sp³-hybridized carbons (Fsp3) is 0.400. The van der Waals surface area contributed by atoms with Gasteiger partial charge in [-0.2, -0.15) is 0 Å². The summed E-state index contributed by atoms with van der Waals surface area (Å²) in [4.78, 5) is 19.2. The molecule has 2 fully saturated rings. The normalized spacial score (nSPS) is 18.4. The molecule has 4 heteroatoms. The summed E-state index contributed by atoms with van der Waals surface area (Å²) >= 11 is 0. The molecule has 0 unspecified atom stereocenters. The van der Waals surface area contributed by atoms with Crippen LogP contribution in [0.2, 0.25) is 0 Å². The molecule has 1 aliphatic heterocycles. The molecule has 0 atom stereocenters. The first-order chi connectivity index (χ1) is 11.8. The van der Waals surface area contributed by atoms with Gasteiger partial charge < -0.3 is 10.2 Å². The van der Waals surface area contributed by atoms with Gasteiger partial charge in [-0.1, -0.05) is 30.3 Å². The van der Waals surface area contributed by atoms with Crippen molar-refractivity contribution in [2.75, 3.05) is 23.3 Å². The van der Waals surface area contributed by atoms with Crippen molar-refractivity contribution in [1.29, 1.82) is 0 Å². The van der Waals surface area contributed by atoms with Crippen LogP contribution in [-0.4, -0.2) is 24.0 Å². The molecular weight excluding hydrogens is 298 g/mol. The van der Waals surface area contributed by atoms with Gasteiger partial charge in [0.25, 0.3) is 0 Å². The van der Waals surface area contributed by atoms with Gasteiger partial charge in [-0.15, -0.1) is 0 Å². The van der Waals surface area contributed by atoms with Crippen LogP contribution in [0.1, 0.15) is 37.7 Å². The van der Waals surface area contributed by atoms with Crippen molar-refractivity contribution in [2.24, 2.45) is 0 Å². The molecule has 1 aromatic carbocycles. The largest absolute Gasteiger partial charge is 0.357 e. The molecule has 1 saturated carbocycles. The summed E-state index contributed by atoms with van der Waals surface area (Å²) < 4.78 is 0. The van der Waals surface area contributed by atoms with E-state index in [0.717, 1.165) is 37.4 Å². The number of aromatic nitrogens is 1. The molecule has 1 N–H and O–H groups in total. The Morgan fingerprint density at radius 1 is 1.08 bits per heavy atom. The summed E-state index contributed by atoms with van der Waals surface area (Å²) in [6, 6.07) is 14.3. The Labute approximate surface area is 142 Å². The summed E-state index contributed by atoms with van der Waals surface area (Å²) in [5.41, 5.74) is 2.11. The lowest BCUT2D eigenvalue weighted by molar-refractivity contribution is -0.116. The van der Waals surface area contributed by atoms with Gasteiger partial charge in [0.1, 0.15) is 5.82 Å². The van der Waals surface area contributed by atoms with Gasteiger partial charge in [0.15, 0.2) is 0 Å². The van der Waals surface area contributed by atoms with Crippen LogP contribution in [0.3, 0.4) is 0 Å². The topological polar surface area (TPSA) is 45.2 Å². The van der Waals surface area contributed by atoms with E-state index in [0.29, 0.717) is 6.42 Å². The van der Waals surface area contributed by atoms with Crippen molar-refractivity contribution in [2.45, 2.75) is 37.5 Å². The molecular formula is C20H23N3O. The minimum atomic E-state index is 0.0499. The lowest BCUT2D eigenvalue weighted by atomic mass is 9.92. The van der Waals surface area contributed by atoms with Crippen LogP contribution < -0.4 is 10.2 Å². The molecule has 2 heterocycles. The highest BCUT2D eigenvalue weighted by Gasteiger charge is 2.45. The fourth-order valence-electron chi connectivity index (χ4n) is 3.62. The zero-order valence-electron chi connectivity index (χ0n) is 13.9. The van der Waals surface area contributed by atoms with E-state index in [1.54, 1.807) is 6.20 Å². The number of rotatable bonds is 5. The Morgan fingerprint density at radius 2 is 1.83 bits per heavy atom. The molecule has 2 aromatic rings. The minimum Gasteiger partial charge on any atom is -0.357 e. The van der Waals surface area contributed by atoms with Crippen LogP contribution >= 0.6 is 0 Å². The van der Waals surface area contributed by atoms with Crippen LogP contribution in [0.15, 0.2) is 48.7 Å². The monoisotopic (exact) mass is 321 g/mol. The molecule has 0 radical (unpaired) electrons. The Hall–Kier alpha value is -2.36. The Bertz CT molecular complexity index is 701. The third-order valence-corrected chi connectivity index (χ3v) is 5.20. The smallest absolute Gasteiger partial charge is 0.225 e. The molecule has 4 nitrogen and oxygen atoms in total. The van der Waals surface area contributed by atoms with Crippen molar-refractivity contribution < 1.29 is 4.79 Å². The van der Waals surface area contributed by atoms with E-state index in [9.17, 15) is 4.79 Å². The van der Waals surface area contributed by atoms with Crippen molar-refractivity contribution >= 4 is 17.4 Å². The number of benzene rings is 1. The number of carbonyl (C=O) groups excluding carboxylic acids is 1. The molecule has 1 saturated heterocycles. The van der Waals surface area contributed by atoms with Gasteiger partial charge in [-0.05, 0) is 43.4 Å². The number of amides is 1. The predicted molar refractivity (Wildman–Crippen MR) is 96.3 cm³/mol. The SMILES string of the molecule is O=C(CC1(c2ccccc2)CC1)Nc1ccc(N2CCCC2)nc1. The van der Waals surface area contributed by atoms with Gasteiger partial charge >= 0.3 is 0 Å². The highest BCUT2D eigenvalue weighted by Crippen LogP contribution is 2.51. The third kappa shape index (κ3) is 3.14. The van der Waals surface area contributed by atoms with Crippen LogP contribution in [0, 0.1) is 0 Å². The van der Waals surface area contributed by atoms with E-state index in [-0.39, 0.29) is 11.3 Å². The second-order valence-corrected chi connectivity index (χ2v) is 6.97. The standard InChI is InChI=1S/C20H23N3O/c24-19(14-20(10-11-20)16-6-2-1-3-7-16)22-17-8-9-18(21-15-17)23-12-4-5-13-23/h1-3,6-9,15H,4-5,10-14H2,(H,22,24). The van der Waals surface area contributed by atoms with Crippen molar-refractivity contribution in [3.05, 3.63) is 54.2 Å². The molecule has 24 heavy (non-hydrogen) atoms. The molecule has 124 valence electrons. The quantitative estimate of drug-likeness (QED) is 0.912. The Morgan fingerprint density at radius 3 is 2.46 bits per heavy atom. The average Bonchev–Trinajstić information content (AvgIpc) is 3.18. The zero-order valence-corrected chi connectivity index (χ0v) is 13.9. The molecule has 0 bridgehead atoms.